The van der Waals surface area contributed by atoms with Crippen molar-refractivity contribution in [3.8, 4) is 11.5 Å². The van der Waals surface area contributed by atoms with Crippen molar-refractivity contribution in [2.24, 2.45) is 0 Å². The number of aromatic hydroxyl groups is 1. The van der Waals surface area contributed by atoms with Gasteiger partial charge in [0.1, 0.15) is 0 Å². The summed E-state index contributed by atoms with van der Waals surface area (Å²) >= 11 is 0. The van der Waals surface area contributed by atoms with Crippen LogP contribution in [0.2, 0.25) is 0 Å². The zero-order valence-corrected chi connectivity index (χ0v) is 13.1. The molecule has 0 spiro atoms. The van der Waals surface area contributed by atoms with E-state index in [0.29, 0.717) is 11.8 Å². The number of phenolic OH excluding ortho intramolecular Hbond substituents is 1. The van der Waals surface area contributed by atoms with Gasteiger partial charge in [-0.15, -0.1) is 0 Å². The molecule has 1 aromatic heterocycles. The third-order valence-corrected chi connectivity index (χ3v) is 5.11. The third-order valence-electron chi connectivity index (χ3n) is 5.11. The van der Waals surface area contributed by atoms with Crippen molar-refractivity contribution < 1.29 is 9.84 Å². The number of nitrogens with zero attached hydrogens (tertiary/aromatic N) is 1. The average Bonchev–Trinajstić information content (AvgIpc) is 2.94. The van der Waals surface area contributed by atoms with Crippen molar-refractivity contribution in [2.75, 3.05) is 13.7 Å². The van der Waals surface area contributed by atoms with Gasteiger partial charge in [-0.3, -0.25) is 4.90 Å². The number of aromatic amines is 1. The van der Waals surface area contributed by atoms with Crippen LogP contribution >= 0.6 is 0 Å². The molecule has 0 amide bonds. The molecule has 1 aromatic carbocycles. The molecule has 116 valence electrons. The molecule has 0 saturated carbocycles. The number of aryl methyl sites for hydroxylation is 1. The van der Waals surface area contributed by atoms with Gasteiger partial charge in [0, 0.05) is 30.5 Å². The van der Waals surface area contributed by atoms with E-state index < -0.39 is 0 Å². The highest BCUT2D eigenvalue weighted by Crippen LogP contribution is 2.42. The van der Waals surface area contributed by atoms with Crippen LogP contribution in [0.5, 0.6) is 11.5 Å². The fraction of sp³-hybridized carbons (Fsp3) is 0.444. The van der Waals surface area contributed by atoms with E-state index in [1.54, 1.807) is 7.11 Å². The molecule has 3 heterocycles. The fourth-order valence-electron chi connectivity index (χ4n) is 3.89. The molecule has 1 atom stereocenters. The van der Waals surface area contributed by atoms with E-state index in [1.165, 1.54) is 28.1 Å². The van der Waals surface area contributed by atoms with Crippen LogP contribution in [0, 0.1) is 0 Å². The van der Waals surface area contributed by atoms with Gasteiger partial charge in [0.2, 0.25) is 0 Å². The Kier molecular flexibility index (Phi) is 3.15. The van der Waals surface area contributed by atoms with E-state index >= 15 is 0 Å². The van der Waals surface area contributed by atoms with Crippen LogP contribution in [-0.2, 0) is 25.8 Å². The highest BCUT2D eigenvalue weighted by molar-refractivity contribution is 5.49. The maximum Gasteiger partial charge on any atom is 0.160 e. The molecule has 2 aliphatic rings. The summed E-state index contributed by atoms with van der Waals surface area (Å²) in [4.78, 5) is 6.08. The van der Waals surface area contributed by atoms with Gasteiger partial charge in [0.05, 0.1) is 7.11 Å². The maximum atomic E-state index is 10.1. The minimum Gasteiger partial charge on any atom is -0.504 e. The minimum atomic E-state index is 0.247. The number of hydrogen-bond donors (Lipinski definition) is 2. The van der Waals surface area contributed by atoms with Gasteiger partial charge < -0.3 is 14.8 Å². The summed E-state index contributed by atoms with van der Waals surface area (Å²) in [6, 6.07) is 6.59. The Morgan fingerprint density at radius 1 is 1.32 bits per heavy atom. The van der Waals surface area contributed by atoms with Crippen LogP contribution in [0.4, 0.5) is 0 Å². The number of methoxy groups -OCH3 is 1. The van der Waals surface area contributed by atoms with Crippen LogP contribution < -0.4 is 4.74 Å². The van der Waals surface area contributed by atoms with Gasteiger partial charge in [-0.05, 0) is 54.2 Å². The molecule has 0 aliphatic carbocycles. The second-order valence-electron chi connectivity index (χ2n) is 6.32. The zero-order valence-electron chi connectivity index (χ0n) is 13.1. The number of fused-ring (bicyclic) bond motifs is 4. The quantitative estimate of drug-likeness (QED) is 0.896. The van der Waals surface area contributed by atoms with Gasteiger partial charge in [0.15, 0.2) is 11.5 Å². The van der Waals surface area contributed by atoms with Crippen molar-refractivity contribution in [1.82, 2.24) is 9.88 Å². The molecule has 4 heteroatoms. The molecule has 4 rings (SSSR count). The van der Waals surface area contributed by atoms with Crippen LogP contribution in [0.3, 0.4) is 0 Å². The molecule has 2 aliphatic heterocycles. The monoisotopic (exact) mass is 298 g/mol. The summed E-state index contributed by atoms with van der Waals surface area (Å²) in [6.45, 7) is 4.22. The summed E-state index contributed by atoms with van der Waals surface area (Å²) in [5, 5.41) is 10.1. The summed E-state index contributed by atoms with van der Waals surface area (Å²) in [5.74, 6) is 0.829. The van der Waals surface area contributed by atoms with Gasteiger partial charge in [-0.1, -0.05) is 6.92 Å². The van der Waals surface area contributed by atoms with Crippen LogP contribution in [0.1, 0.15) is 41.0 Å². The van der Waals surface area contributed by atoms with Gasteiger partial charge >= 0.3 is 0 Å². The third kappa shape index (κ3) is 2.02. The Labute approximate surface area is 130 Å². The predicted molar refractivity (Wildman–Crippen MR) is 85.4 cm³/mol. The molecule has 0 fully saturated rings. The smallest absolute Gasteiger partial charge is 0.160 e. The first-order chi connectivity index (χ1) is 10.7. The molecule has 0 radical (unpaired) electrons. The Morgan fingerprint density at radius 2 is 2.18 bits per heavy atom. The summed E-state index contributed by atoms with van der Waals surface area (Å²) in [7, 11) is 1.61. The van der Waals surface area contributed by atoms with E-state index in [1.807, 2.05) is 12.1 Å². The number of ether oxygens (including phenoxy) is 1. The van der Waals surface area contributed by atoms with Crippen LogP contribution in [0.25, 0.3) is 0 Å². The number of H-pyrrole nitrogens is 1. The van der Waals surface area contributed by atoms with Gasteiger partial charge in [-0.2, -0.15) is 0 Å². The summed E-state index contributed by atoms with van der Waals surface area (Å²) < 4.78 is 5.25. The second kappa shape index (κ2) is 5.06. The number of rotatable bonds is 2. The zero-order chi connectivity index (χ0) is 15.3. The Balaban J connectivity index is 1.74. The molecule has 1 unspecified atom stereocenters. The molecular weight excluding hydrogens is 276 g/mol. The van der Waals surface area contributed by atoms with E-state index in [2.05, 4.69) is 22.9 Å². The largest absolute Gasteiger partial charge is 0.504 e. The van der Waals surface area contributed by atoms with E-state index in [4.69, 9.17) is 4.74 Å². The SMILES string of the molecule is CCc1cc2c([nH]1)CN1CCc3cc(OC)c(O)cc3C1C2. The molecular formula is C18H22N2O2. The van der Waals surface area contributed by atoms with Gasteiger partial charge in [-0.25, -0.2) is 0 Å². The van der Waals surface area contributed by atoms with Crippen molar-refractivity contribution >= 4 is 0 Å². The Hall–Kier alpha value is -1.94. The predicted octanol–water partition coefficient (Wildman–Crippen LogP) is 2.95. The molecule has 4 nitrogen and oxygen atoms in total. The molecule has 2 N–H and O–H groups in total. The molecule has 0 bridgehead atoms. The first-order valence-corrected chi connectivity index (χ1v) is 8.03. The van der Waals surface area contributed by atoms with Crippen LogP contribution in [0.15, 0.2) is 18.2 Å². The molecule has 0 saturated heterocycles. The lowest BCUT2D eigenvalue weighted by atomic mass is 9.85. The maximum absolute atomic E-state index is 10.1. The number of hydrogen-bond acceptors (Lipinski definition) is 3. The number of phenols is 1. The summed E-state index contributed by atoms with van der Waals surface area (Å²) in [6.07, 6.45) is 3.08. The van der Waals surface area contributed by atoms with Crippen molar-refractivity contribution in [1.29, 1.82) is 0 Å². The highest BCUT2D eigenvalue weighted by Gasteiger charge is 2.33. The lowest BCUT2D eigenvalue weighted by molar-refractivity contribution is 0.158. The molecule has 22 heavy (non-hydrogen) atoms. The normalized spacial score (nSPS) is 20.2. The number of nitrogens with one attached hydrogen (secondary N) is 1. The van der Waals surface area contributed by atoms with E-state index in [9.17, 15) is 5.11 Å². The average molecular weight is 298 g/mol. The van der Waals surface area contributed by atoms with E-state index in [0.717, 1.165) is 32.4 Å². The Morgan fingerprint density at radius 3 is 2.95 bits per heavy atom. The van der Waals surface area contributed by atoms with E-state index in [-0.39, 0.29) is 5.75 Å². The van der Waals surface area contributed by atoms with Crippen molar-refractivity contribution in [3.05, 3.63) is 46.3 Å². The molecule has 2 aromatic rings. The standard InChI is InChI=1S/C18H22N2O2/c1-3-13-6-12-7-16-14-9-17(21)18(22-2)8-11(14)4-5-20(16)10-15(12)19-13/h6,8-9,16,19,21H,3-5,7,10H2,1-2H3. The summed E-state index contributed by atoms with van der Waals surface area (Å²) in [5.41, 5.74) is 6.69. The Bertz CT molecular complexity index is 720. The number of benzene rings is 1. The first-order valence-electron chi connectivity index (χ1n) is 8.03. The lowest BCUT2D eigenvalue weighted by Crippen LogP contribution is -2.39. The number of aromatic nitrogens is 1. The van der Waals surface area contributed by atoms with Crippen molar-refractivity contribution in [3.63, 3.8) is 0 Å². The van der Waals surface area contributed by atoms with Crippen molar-refractivity contribution in [2.45, 2.75) is 38.8 Å². The fourth-order valence-corrected chi connectivity index (χ4v) is 3.89. The lowest BCUT2D eigenvalue weighted by Gasteiger charge is -2.40. The minimum absolute atomic E-state index is 0.247. The second-order valence-corrected chi connectivity index (χ2v) is 6.32. The van der Waals surface area contributed by atoms with Crippen LogP contribution in [-0.4, -0.2) is 28.6 Å². The van der Waals surface area contributed by atoms with Gasteiger partial charge in [0.25, 0.3) is 0 Å². The highest BCUT2D eigenvalue weighted by atomic mass is 16.5. The topological polar surface area (TPSA) is 48.5 Å². The first kappa shape index (κ1) is 13.7.